The Kier molecular flexibility index (Phi) is 3.61. The van der Waals surface area contributed by atoms with E-state index >= 15 is 0 Å². The Morgan fingerprint density at radius 3 is 2.41 bits per heavy atom. The van der Waals surface area contributed by atoms with Crippen LogP contribution in [0.2, 0.25) is 0 Å². The number of aliphatic hydroxyl groups excluding tert-OH is 2. The van der Waals surface area contributed by atoms with E-state index in [0.717, 1.165) is 5.56 Å². The molecule has 92 valence electrons. The van der Waals surface area contributed by atoms with Crippen molar-refractivity contribution in [1.29, 1.82) is 0 Å². The maximum Gasteiger partial charge on any atom is 0.410 e. The van der Waals surface area contributed by atoms with Gasteiger partial charge in [0, 0.05) is 0 Å². The third kappa shape index (κ3) is 2.95. The molecule has 0 radical (unpaired) electrons. The molecule has 1 aromatic carbocycles. The molecule has 17 heavy (non-hydrogen) atoms. The maximum atomic E-state index is 11.6. The predicted molar refractivity (Wildman–Crippen MR) is 60.2 cm³/mol. The molecule has 1 unspecified atom stereocenters. The quantitative estimate of drug-likeness (QED) is 0.779. The van der Waals surface area contributed by atoms with Gasteiger partial charge in [0.15, 0.2) is 0 Å². The summed E-state index contributed by atoms with van der Waals surface area (Å²) >= 11 is 0. The normalized spacial score (nSPS) is 23.8. The van der Waals surface area contributed by atoms with Crippen molar-refractivity contribution in [3.05, 3.63) is 35.9 Å². The van der Waals surface area contributed by atoms with Crippen LogP contribution in [0.5, 0.6) is 0 Å². The number of β-amino-alcohol motifs (C(OH)–C–C–N with tert-alkyl or cyclic N) is 2. The van der Waals surface area contributed by atoms with Gasteiger partial charge in [0.2, 0.25) is 0 Å². The molecule has 2 rings (SSSR count). The van der Waals surface area contributed by atoms with E-state index in [1.54, 1.807) is 0 Å². The second kappa shape index (κ2) is 5.16. The third-order valence-corrected chi connectivity index (χ3v) is 2.72. The first-order valence-electron chi connectivity index (χ1n) is 5.48. The number of carbonyl (C=O) groups excluding carboxylic acids is 1. The number of amides is 1. The number of likely N-dealkylation sites (tertiary alicyclic amines) is 1. The molecule has 1 aromatic rings. The van der Waals surface area contributed by atoms with Crippen LogP contribution in [-0.4, -0.2) is 46.5 Å². The number of ether oxygens (including phenoxy) is 1. The summed E-state index contributed by atoms with van der Waals surface area (Å²) in [6, 6.07) is 9.35. The highest BCUT2D eigenvalue weighted by atomic mass is 16.6. The first-order chi connectivity index (χ1) is 8.16. The summed E-state index contributed by atoms with van der Waals surface area (Å²) in [6.07, 6.45) is -2.26. The fourth-order valence-corrected chi connectivity index (χ4v) is 1.73. The van der Waals surface area contributed by atoms with Gasteiger partial charge in [-0.25, -0.2) is 4.79 Å². The second-order valence-corrected chi connectivity index (χ2v) is 4.08. The fraction of sp³-hybridized carbons (Fsp3) is 0.417. The predicted octanol–water partition coefficient (Wildman–Crippen LogP) is 0.361. The number of carbonyl (C=O) groups is 1. The lowest BCUT2D eigenvalue weighted by atomic mass is 10.2. The van der Waals surface area contributed by atoms with Crippen LogP contribution in [-0.2, 0) is 11.3 Å². The Bertz CT molecular complexity index is 371. The fourth-order valence-electron chi connectivity index (χ4n) is 1.73. The summed E-state index contributed by atoms with van der Waals surface area (Å²) in [5, 5.41) is 18.6. The molecule has 1 fully saturated rings. The molecule has 5 heteroatoms. The zero-order valence-corrected chi connectivity index (χ0v) is 9.32. The Balaban J connectivity index is 1.82. The van der Waals surface area contributed by atoms with Gasteiger partial charge >= 0.3 is 6.09 Å². The number of hydrogen-bond donors (Lipinski definition) is 2. The van der Waals surface area contributed by atoms with Crippen LogP contribution in [0.1, 0.15) is 5.56 Å². The lowest BCUT2D eigenvalue weighted by Gasteiger charge is -2.15. The van der Waals surface area contributed by atoms with Crippen LogP contribution in [0.4, 0.5) is 4.79 Å². The van der Waals surface area contributed by atoms with Crippen LogP contribution < -0.4 is 0 Å². The van der Waals surface area contributed by atoms with Crippen LogP contribution in [0, 0.1) is 0 Å². The highest BCUT2D eigenvalue weighted by Gasteiger charge is 2.33. The van der Waals surface area contributed by atoms with E-state index in [4.69, 9.17) is 4.74 Å². The van der Waals surface area contributed by atoms with Crippen molar-refractivity contribution < 1.29 is 19.7 Å². The van der Waals surface area contributed by atoms with Crippen LogP contribution in [0.15, 0.2) is 30.3 Å². The van der Waals surface area contributed by atoms with Crippen LogP contribution >= 0.6 is 0 Å². The van der Waals surface area contributed by atoms with Gasteiger partial charge < -0.3 is 19.8 Å². The van der Waals surface area contributed by atoms with E-state index in [1.165, 1.54) is 4.90 Å². The highest BCUT2D eigenvalue weighted by Crippen LogP contribution is 2.12. The van der Waals surface area contributed by atoms with Gasteiger partial charge in [-0.2, -0.15) is 0 Å². The molecule has 2 N–H and O–H groups in total. The molecule has 0 spiro atoms. The zero-order chi connectivity index (χ0) is 12.3. The monoisotopic (exact) mass is 237 g/mol. The SMILES string of the molecule is O=C(OCc1ccccc1)N1CC(O)[C@H](O)C1. The minimum Gasteiger partial charge on any atom is -0.445 e. The second-order valence-electron chi connectivity index (χ2n) is 4.08. The van der Waals surface area contributed by atoms with Crippen LogP contribution in [0.25, 0.3) is 0 Å². The van der Waals surface area contributed by atoms with Crippen molar-refractivity contribution >= 4 is 6.09 Å². The van der Waals surface area contributed by atoms with Crippen molar-refractivity contribution in [2.75, 3.05) is 13.1 Å². The molecule has 5 nitrogen and oxygen atoms in total. The van der Waals surface area contributed by atoms with Crippen molar-refractivity contribution in [3.63, 3.8) is 0 Å². The third-order valence-electron chi connectivity index (χ3n) is 2.72. The van der Waals surface area contributed by atoms with Crippen LogP contribution in [0.3, 0.4) is 0 Å². The summed E-state index contributed by atoms with van der Waals surface area (Å²) in [7, 11) is 0. The molecule has 1 heterocycles. The molecule has 0 aromatic heterocycles. The van der Waals surface area contributed by atoms with Gasteiger partial charge in [0.1, 0.15) is 6.61 Å². The summed E-state index contributed by atoms with van der Waals surface area (Å²) in [5.74, 6) is 0. The van der Waals surface area contributed by atoms with E-state index in [0.29, 0.717) is 0 Å². The molecular weight excluding hydrogens is 222 g/mol. The van der Waals surface area contributed by atoms with Crippen molar-refractivity contribution in [3.8, 4) is 0 Å². The van der Waals surface area contributed by atoms with E-state index in [-0.39, 0.29) is 19.7 Å². The minimum atomic E-state index is -0.876. The average Bonchev–Trinajstić information content (AvgIpc) is 2.68. The Hall–Kier alpha value is -1.59. The van der Waals surface area contributed by atoms with Crippen molar-refractivity contribution in [1.82, 2.24) is 4.90 Å². The smallest absolute Gasteiger partial charge is 0.410 e. The molecule has 1 saturated heterocycles. The molecule has 1 aliphatic rings. The molecule has 1 amide bonds. The molecule has 1 aliphatic heterocycles. The summed E-state index contributed by atoms with van der Waals surface area (Å²) in [5.41, 5.74) is 0.904. The van der Waals surface area contributed by atoms with E-state index in [9.17, 15) is 15.0 Å². The number of rotatable bonds is 2. The summed E-state index contributed by atoms with van der Waals surface area (Å²) in [4.78, 5) is 12.9. The van der Waals surface area contributed by atoms with Gasteiger partial charge in [0.25, 0.3) is 0 Å². The first-order valence-corrected chi connectivity index (χ1v) is 5.48. The van der Waals surface area contributed by atoms with Gasteiger partial charge in [-0.05, 0) is 5.56 Å². The molecular formula is C12H15NO4. The Morgan fingerprint density at radius 1 is 1.24 bits per heavy atom. The zero-order valence-electron chi connectivity index (χ0n) is 9.32. The summed E-state index contributed by atoms with van der Waals surface area (Å²) in [6.45, 7) is 0.436. The van der Waals surface area contributed by atoms with Gasteiger partial charge in [0.05, 0.1) is 25.3 Å². The standard InChI is InChI=1S/C12H15NO4/c14-10-6-13(7-11(10)15)12(16)17-8-9-4-2-1-3-5-9/h1-5,10-11,14-15H,6-8H2/t10-,11?/m1/s1. The van der Waals surface area contributed by atoms with Gasteiger partial charge in [-0.3, -0.25) is 0 Å². The molecule has 2 atom stereocenters. The van der Waals surface area contributed by atoms with E-state index < -0.39 is 18.3 Å². The minimum absolute atomic E-state index is 0.120. The van der Waals surface area contributed by atoms with Gasteiger partial charge in [-0.15, -0.1) is 0 Å². The molecule has 0 saturated carbocycles. The van der Waals surface area contributed by atoms with E-state index in [2.05, 4.69) is 0 Å². The lowest BCUT2D eigenvalue weighted by Crippen LogP contribution is -2.30. The largest absolute Gasteiger partial charge is 0.445 e. The maximum absolute atomic E-state index is 11.6. The topological polar surface area (TPSA) is 70.0 Å². The van der Waals surface area contributed by atoms with Crippen molar-refractivity contribution in [2.45, 2.75) is 18.8 Å². The molecule has 0 aliphatic carbocycles. The van der Waals surface area contributed by atoms with E-state index in [1.807, 2.05) is 30.3 Å². The number of benzene rings is 1. The number of aliphatic hydroxyl groups is 2. The lowest BCUT2D eigenvalue weighted by molar-refractivity contribution is 0.0572. The average molecular weight is 237 g/mol. The summed E-state index contributed by atoms with van der Waals surface area (Å²) < 4.78 is 5.07. The number of hydrogen-bond acceptors (Lipinski definition) is 4. The van der Waals surface area contributed by atoms with Crippen molar-refractivity contribution in [2.24, 2.45) is 0 Å². The molecule has 0 bridgehead atoms. The Morgan fingerprint density at radius 2 is 1.82 bits per heavy atom. The Labute approximate surface area is 99.2 Å². The van der Waals surface area contributed by atoms with Gasteiger partial charge in [-0.1, -0.05) is 30.3 Å². The highest BCUT2D eigenvalue weighted by molar-refractivity contribution is 5.68. The first kappa shape index (κ1) is 11.9. The number of nitrogens with zero attached hydrogens (tertiary/aromatic N) is 1.